The van der Waals surface area contributed by atoms with Crippen LogP contribution in [0.5, 0.6) is 11.6 Å². The Morgan fingerprint density at radius 3 is 2.49 bits per heavy atom. The van der Waals surface area contributed by atoms with Crippen LogP contribution in [0.1, 0.15) is 12.5 Å². The second-order valence-corrected chi connectivity index (χ2v) is 8.72. The molecule has 1 aliphatic rings. The number of rotatable bonds is 7. The molecule has 1 aliphatic heterocycles. The Morgan fingerprint density at radius 2 is 1.81 bits per heavy atom. The molecule has 4 aromatic rings. The summed E-state index contributed by atoms with van der Waals surface area (Å²) in [4.78, 5) is 23.7. The second-order valence-electron chi connectivity index (χ2n) is 8.72. The third-order valence-electron chi connectivity index (χ3n) is 6.26. The van der Waals surface area contributed by atoms with E-state index in [-0.39, 0.29) is 11.9 Å². The maximum Gasteiger partial charge on any atom is 0.319 e. The predicted molar refractivity (Wildman–Crippen MR) is 142 cm³/mol. The third kappa shape index (κ3) is 5.29. The molecule has 0 saturated carbocycles. The van der Waals surface area contributed by atoms with Crippen molar-refractivity contribution in [3.05, 3.63) is 60.3 Å². The number of nitrogens with one attached hydrogen (secondary N) is 2. The van der Waals surface area contributed by atoms with E-state index in [1.807, 2.05) is 49.5 Å². The topological polar surface area (TPSA) is 114 Å². The first-order valence-corrected chi connectivity index (χ1v) is 12.3. The van der Waals surface area contributed by atoms with E-state index in [0.29, 0.717) is 56.4 Å². The Hall–Kier alpha value is -4.31. The van der Waals surface area contributed by atoms with Crippen molar-refractivity contribution in [2.75, 3.05) is 50.2 Å². The van der Waals surface area contributed by atoms with Crippen LogP contribution < -0.4 is 20.3 Å². The Kier molecular flexibility index (Phi) is 7.09. The molecule has 37 heavy (non-hydrogen) atoms. The van der Waals surface area contributed by atoms with Gasteiger partial charge in [0.05, 0.1) is 32.3 Å². The quantitative estimate of drug-likeness (QED) is 0.352. The fourth-order valence-corrected chi connectivity index (χ4v) is 4.33. The van der Waals surface area contributed by atoms with Crippen molar-refractivity contribution in [3.8, 4) is 23.0 Å². The number of anilines is 2. The van der Waals surface area contributed by atoms with Gasteiger partial charge in [0.15, 0.2) is 5.82 Å². The monoisotopic (exact) mass is 502 g/mol. The molecule has 1 fully saturated rings. The van der Waals surface area contributed by atoms with Crippen LogP contribution in [0.2, 0.25) is 0 Å². The number of ether oxygens (including phenoxy) is 2. The summed E-state index contributed by atoms with van der Waals surface area (Å²) in [5, 5.41) is 17.5. The second kappa shape index (κ2) is 10.8. The molecule has 1 saturated heterocycles. The highest BCUT2D eigenvalue weighted by Gasteiger charge is 2.22. The minimum Gasteiger partial charge on any atom is -0.497 e. The molecule has 5 rings (SSSR count). The highest BCUT2D eigenvalue weighted by Crippen LogP contribution is 2.35. The number of hydrogen-bond donors (Lipinski definition) is 3. The molecular weight excluding hydrogens is 472 g/mol. The fraction of sp³-hybridized carbons (Fsp3) is 0.296. The van der Waals surface area contributed by atoms with Gasteiger partial charge in [-0.3, -0.25) is 0 Å². The summed E-state index contributed by atoms with van der Waals surface area (Å²) >= 11 is 0. The standard InChI is InChI=1S/C27H30N6O4/c1-3-28-27(35)29-20-8-6-19(7-9-20)24-30-23-22(25(31-24)32-12-14-37-15-13-32)17-33(26(23)34)16-18-4-10-21(36-2)11-5-18/h4-11,17,34H,3,12-16H2,1-2H3,(H2,28,29,35). The number of benzene rings is 2. The maximum absolute atomic E-state index is 11.8. The normalized spacial score (nSPS) is 13.5. The molecule has 10 nitrogen and oxygen atoms in total. The van der Waals surface area contributed by atoms with E-state index in [1.54, 1.807) is 23.8 Å². The van der Waals surface area contributed by atoms with Gasteiger partial charge >= 0.3 is 6.03 Å². The molecule has 2 amide bonds. The zero-order valence-electron chi connectivity index (χ0n) is 20.9. The average Bonchev–Trinajstić information content (AvgIpc) is 3.24. The van der Waals surface area contributed by atoms with E-state index in [2.05, 4.69) is 15.5 Å². The number of aromatic hydroxyl groups is 1. The first-order chi connectivity index (χ1) is 18.1. The van der Waals surface area contributed by atoms with Gasteiger partial charge in [0.2, 0.25) is 5.88 Å². The number of methoxy groups -OCH3 is 1. The SMILES string of the molecule is CCNC(=O)Nc1ccc(-c2nc(N3CCOCC3)c3cn(Cc4ccc(OC)cc4)c(O)c3n2)cc1. The summed E-state index contributed by atoms with van der Waals surface area (Å²) in [6, 6.07) is 14.8. The molecule has 0 bridgehead atoms. The lowest BCUT2D eigenvalue weighted by Gasteiger charge is -2.28. The molecular formula is C27H30N6O4. The highest BCUT2D eigenvalue weighted by atomic mass is 16.5. The summed E-state index contributed by atoms with van der Waals surface area (Å²) in [6.07, 6.45) is 1.91. The van der Waals surface area contributed by atoms with Crippen LogP contribution in [0.15, 0.2) is 54.7 Å². The van der Waals surface area contributed by atoms with E-state index >= 15 is 0 Å². The van der Waals surface area contributed by atoms with Crippen LogP contribution in [0, 0.1) is 0 Å². The minimum absolute atomic E-state index is 0.0819. The number of amides is 2. The van der Waals surface area contributed by atoms with Crippen molar-refractivity contribution in [2.45, 2.75) is 13.5 Å². The van der Waals surface area contributed by atoms with Crippen LogP contribution in [-0.4, -0.2) is 65.6 Å². The Bertz CT molecular complexity index is 1380. The van der Waals surface area contributed by atoms with Gasteiger partial charge in [0, 0.05) is 37.1 Å². The summed E-state index contributed by atoms with van der Waals surface area (Å²) in [7, 11) is 1.64. The van der Waals surface area contributed by atoms with Gasteiger partial charge in [-0.25, -0.2) is 14.8 Å². The first-order valence-electron chi connectivity index (χ1n) is 12.3. The zero-order valence-corrected chi connectivity index (χ0v) is 20.9. The number of aromatic nitrogens is 3. The number of nitrogens with zero attached hydrogens (tertiary/aromatic N) is 4. The van der Waals surface area contributed by atoms with Crippen LogP contribution in [0.25, 0.3) is 22.3 Å². The molecule has 2 aromatic heterocycles. The van der Waals surface area contributed by atoms with E-state index in [9.17, 15) is 9.90 Å². The highest BCUT2D eigenvalue weighted by molar-refractivity contribution is 5.95. The summed E-state index contributed by atoms with van der Waals surface area (Å²) in [5.41, 5.74) is 2.95. The molecule has 3 heterocycles. The van der Waals surface area contributed by atoms with Crippen molar-refractivity contribution in [2.24, 2.45) is 0 Å². The van der Waals surface area contributed by atoms with Crippen molar-refractivity contribution >= 4 is 28.4 Å². The van der Waals surface area contributed by atoms with Crippen molar-refractivity contribution < 1.29 is 19.4 Å². The number of carbonyl (C=O) groups excluding carboxylic acids is 1. The Morgan fingerprint density at radius 1 is 1.08 bits per heavy atom. The fourth-order valence-electron chi connectivity index (χ4n) is 4.33. The van der Waals surface area contributed by atoms with E-state index in [4.69, 9.17) is 19.4 Å². The minimum atomic E-state index is -0.259. The molecule has 0 spiro atoms. The maximum atomic E-state index is 11.8. The number of hydrogen-bond acceptors (Lipinski definition) is 7. The van der Waals surface area contributed by atoms with Crippen molar-refractivity contribution in [1.29, 1.82) is 0 Å². The number of urea groups is 1. The van der Waals surface area contributed by atoms with Crippen LogP contribution in [-0.2, 0) is 11.3 Å². The number of carbonyl (C=O) groups is 1. The molecule has 10 heteroatoms. The molecule has 3 N–H and O–H groups in total. The van der Waals surface area contributed by atoms with Gasteiger partial charge < -0.3 is 34.7 Å². The van der Waals surface area contributed by atoms with Crippen molar-refractivity contribution in [1.82, 2.24) is 19.9 Å². The van der Waals surface area contributed by atoms with E-state index in [1.165, 1.54) is 0 Å². The van der Waals surface area contributed by atoms with Crippen LogP contribution in [0.4, 0.5) is 16.3 Å². The predicted octanol–water partition coefficient (Wildman–Crippen LogP) is 3.84. The molecule has 0 aliphatic carbocycles. The third-order valence-corrected chi connectivity index (χ3v) is 6.26. The largest absolute Gasteiger partial charge is 0.497 e. The van der Waals surface area contributed by atoms with Crippen molar-refractivity contribution in [3.63, 3.8) is 0 Å². The number of morpholine rings is 1. The lowest BCUT2D eigenvalue weighted by atomic mass is 10.2. The lowest BCUT2D eigenvalue weighted by molar-refractivity contribution is 0.122. The molecule has 0 atom stereocenters. The number of fused-ring (bicyclic) bond motifs is 1. The van der Waals surface area contributed by atoms with Gasteiger partial charge in [0.25, 0.3) is 0 Å². The van der Waals surface area contributed by atoms with Gasteiger partial charge in [-0.1, -0.05) is 12.1 Å². The molecule has 0 radical (unpaired) electrons. The smallest absolute Gasteiger partial charge is 0.319 e. The zero-order chi connectivity index (χ0) is 25.8. The van der Waals surface area contributed by atoms with Crippen LogP contribution >= 0.6 is 0 Å². The molecule has 192 valence electrons. The lowest BCUT2D eigenvalue weighted by Crippen LogP contribution is -2.37. The van der Waals surface area contributed by atoms with Crippen LogP contribution in [0.3, 0.4) is 0 Å². The first kappa shape index (κ1) is 24.4. The summed E-state index contributed by atoms with van der Waals surface area (Å²) in [6.45, 7) is 5.51. The molecule has 0 unspecified atom stereocenters. The Balaban J connectivity index is 1.52. The summed E-state index contributed by atoms with van der Waals surface area (Å²) in [5.74, 6) is 2.12. The van der Waals surface area contributed by atoms with Gasteiger partial charge in [-0.15, -0.1) is 0 Å². The van der Waals surface area contributed by atoms with E-state index in [0.717, 1.165) is 28.1 Å². The van der Waals surface area contributed by atoms with Gasteiger partial charge in [-0.05, 0) is 48.9 Å². The van der Waals surface area contributed by atoms with Gasteiger partial charge in [0.1, 0.15) is 17.1 Å². The summed E-state index contributed by atoms with van der Waals surface area (Å²) < 4.78 is 12.6. The van der Waals surface area contributed by atoms with Gasteiger partial charge in [-0.2, -0.15) is 0 Å². The van der Waals surface area contributed by atoms with E-state index < -0.39 is 0 Å². The average molecular weight is 503 g/mol. The Labute approximate surface area is 214 Å². The molecule has 2 aromatic carbocycles.